The summed E-state index contributed by atoms with van der Waals surface area (Å²) in [4.78, 5) is 10.6. The molecule has 0 radical (unpaired) electrons. The highest BCUT2D eigenvalue weighted by atomic mass is 14.8. The van der Waals surface area contributed by atoms with Crippen LogP contribution in [0, 0.1) is 0 Å². The molecular weight excluding hydrogens is 460 g/mol. The Morgan fingerprint density at radius 3 is 1.26 bits per heavy atom. The summed E-state index contributed by atoms with van der Waals surface area (Å²) in [7, 11) is 0. The van der Waals surface area contributed by atoms with Gasteiger partial charge in [-0.05, 0) is 59.1 Å². The largest absolute Gasteiger partial charge is 0.252 e. The molecule has 0 unspecified atom stereocenters. The van der Waals surface area contributed by atoms with E-state index in [4.69, 9.17) is 9.97 Å². The fraction of sp³-hybridized carbons (Fsp3) is 0.389. The zero-order valence-corrected chi connectivity index (χ0v) is 24.0. The highest BCUT2D eigenvalue weighted by molar-refractivity contribution is 5.62. The maximum atomic E-state index is 5.31. The lowest BCUT2D eigenvalue weighted by atomic mass is 9.69. The van der Waals surface area contributed by atoms with Gasteiger partial charge in [-0.15, -0.1) is 0 Å². The summed E-state index contributed by atoms with van der Waals surface area (Å²) in [6.07, 6.45) is 5.87. The smallest absolute Gasteiger partial charge is 0.0705 e. The van der Waals surface area contributed by atoms with Crippen LogP contribution in [0.3, 0.4) is 0 Å². The molecule has 0 saturated heterocycles. The van der Waals surface area contributed by atoms with Crippen molar-refractivity contribution in [1.82, 2.24) is 9.97 Å². The summed E-state index contributed by atoms with van der Waals surface area (Å²) in [5.41, 5.74) is 9.57. The average molecular weight is 503 g/mol. The van der Waals surface area contributed by atoms with E-state index in [1.807, 2.05) is 0 Å². The second-order valence-electron chi connectivity index (χ2n) is 13.1. The normalized spacial score (nSPS) is 15.8. The van der Waals surface area contributed by atoms with Crippen LogP contribution in [-0.4, -0.2) is 9.97 Å². The zero-order valence-electron chi connectivity index (χ0n) is 24.0. The monoisotopic (exact) mass is 502 g/mol. The number of hydrogen-bond donors (Lipinski definition) is 0. The van der Waals surface area contributed by atoms with Crippen molar-refractivity contribution in [2.45, 2.75) is 89.9 Å². The fourth-order valence-corrected chi connectivity index (χ4v) is 5.80. The molecule has 0 bridgehead atoms. The quantitative estimate of drug-likeness (QED) is 0.277. The molecule has 2 aromatic carbocycles. The van der Waals surface area contributed by atoms with Gasteiger partial charge in [-0.1, -0.05) is 121 Å². The number of hydrogen-bond acceptors (Lipinski definition) is 2. The third kappa shape index (κ3) is 5.32. The first-order valence-corrected chi connectivity index (χ1v) is 14.2. The van der Waals surface area contributed by atoms with Gasteiger partial charge in [-0.3, -0.25) is 9.97 Å². The molecule has 1 aliphatic rings. The van der Waals surface area contributed by atoms with Crippen molar-refractivity contribution in [1.29, 1.82) is 0 Å². The molecule has 0 amide bonds. The molecule has 2 heterocycles. The first-order valence-electron chi connectivity index (χ1n) is 14.2. The van der Waals surface area contributed by atoms with E-state index in [1.165, 1.54) is 41.5 Å². The van der Waals surface area contributed by atoms with Gasteiger partial charge in [0.1, 0.15) is 0 Å². The van der Waals surface area contributed by atoms with E-state index in [0.717, 1.165) is 35.6 Å². The number of benzene rings is 2. The highest BCUT2D eigenvalue weighted by Crippen LogP contribution is 2.44. The lowest BCUT2D eigenvalue weighted by molar-refractivity contribution is 0.332. The van der Waals surface area contributed by atoms with Crippen LogP contribution in [0.2, 0.25) is 0 Å². The van der Waals surface area contributed by atoms with Crippen LogP contribution in [0.4, 0.5) is 0 Å². The second-order valence-corrected chi connectivity index (χ2v) is 13.1. The van der Waals surface area contributed by atoms with Gasteiger partial charge in [-0.25, -0.2) is 0 Å². The van der Waals surface area contributed by atoms with Crippen molar-refractivity contribution in [2.75, 3.05) is 0 Å². The van der Waals surface area contributed by atoms with Crippen molar-refractivity contribution in [3.05, 3.63) is 107 Å². The van der Waals surface area contributed by atoms with Gasteiger partial charge in [0.2, 0.25) is 0 Å². The lowest BCUT2D eigenvalue weighted by Gasteiger charge is -2.37. The van der Waals surface area contributed by atoms with Crippen LogP contribution in [0.5, 0.6) is 0 Å². The van der Waals surface area contributed by atoms with E-state index in [9.17, 15) is 0 Å². The molecular formula is C36H42N2. The van der Waals surface area contributed by atoms with Crippen molar-refractivity contribution in [2.24, 2.45) is 0 Å². The summed E-state index contributed by atoms with van der Waals surface area (Å²) in [5, 5.41) is 0. The first kappa shape index (κ1) is 26.4. The molecule has 2 heteroatoms. The topological polar surface area (TPSA) is 25.8 Å². The van der Waals surface area contributed by atoms with E-state index < -0.39 is 0 Å². The van der Waals surface area contributed by atoms with E-state index in [2.05, 4.69) is 126 Å². The van der Waals surface area contributed by atoms with Crippen LogP contribution < -0.4 is 0 Å². The van der Waals surface area contributed by atoms with Crippen LogP contribution in [0.1, 0.15) is 96.2 Å². The predicted octanol–water partition coefficient (Wildman–Crippen LogP) is 9.66. The van der Waals surface area contributed by atoms with Crippen molar-refractivity contribution < 1.29 is 0 Å². The minimum absolute atomic E-state index is 0.143. The Morgan fingerprint density at radius 2 is 0.895 bits per heavy atom. The van der Waals surface area contributed by atoms with E-state index in [1.54, 1.807) is 0 Å². The molecule has 2 aromatic heterocycles. The third-order valence-electron chi connectivity index (χ3n) is 8.28. The van der Waals surface area contributed by atoms with E-state index in [0.29, 0.717) is 0 Å². The maximum absolute atomic E-state index is 5.31. The van der Waals surface area contributed by atoms with Gasteiger partial charge in [0.15, 0.2) is 0 Å². The standard InChI is InChI=1S/C36H42N2/c1-34(2,3)28-20-16-26(17-21-28)30-12-10-14-32(37-30)36(24-8-7-9-25-36)33-15-11-13-31(38-33)27-18-22-29(23-19-27)35(4,5)6/h10-23H,7-9,24-25H2,1-6H3. The minimum Gasteiger partial charge on any atom is -0.252 e. The van der Waals surface area contributed by atoms with Gasteiger partial charge in [0.05, 0.1) is 28.2 Å². The number of rotatable bonds is 4. The predicted molar refractivity (Wildman–Crippen MR) is 161 cm³/mol. The summed E-state index contributed by atoms with van der Waals surface area (Å²) in [5.74, 6) is 0. The molecule has 38 heavy (non-hydrogen) atoms. The number of nitrogens with zero attached hydrogens (tertiary/aromatic N) is 2. The summed E-state index contributed by atoms with van der Waals surface area (Å²) < 4.78 is 0. The van der Waals surface area contributed by atoms with Crippen molar-refractivity contribution >= 4 is 0 Å². The van der Waals surface area contributed by atoms with Gasteiger partial charge in [-0.2, -0.15) is 0 Å². The van der Waals surface area contributed by atoms with E-state index in [-0.39, 0.29) is 16.2 Å². The third-order valence-corrected chi connectivity index (χ3v) is 8.28. The molecule has 1 saturated carbocycles. The van der Waals surface area contributed by atoms with Crippen molar-refractivity contribution in [3.63, 3.8) is 0 Å². The van der Waals surface area contributed by atoms with E-state index >= 15 is 0 Å². The molecule has 0 spiro atoms. The van der Waals surface area contributed by atoms with Crippen LogP contribution in [-0.2, 0) is 16.2 Å². The molecule has 1 fully saturated rings. The first-order chi connectivity index (χ1) is 18.1. The summed E-state index contributed by atoms with van der Waals surface area (Å²) in [6.45, 7) is 13.5. The Kier molecular flexibility index (Phi) is 7.03. The van der Waals surface area contributed by atoms with Crippen LogP contribution in [0.25, 0.3) is 22.5 Å². The number of pyridine rings is 2. The minimum atomic E-state index is -0.152. The number of aromatic nitrogens is 2. The molecule has 5 rings (SSSR count). The Bertz CT molecular complexity index is 1270. The van der Waals surface area contributed by atoms with Gasteiger partial charge in [0.25, 0.3) is 0 Å². The molecule has 0 N–H and O–H groups in total. The molecule has 0 aliphatic heterocycles. The van der Waals surface area contributed by atoms with Crippen LogP contribution >= 0.6 is 0 Å². The SMILES string of the molecule is CC(C)(C)c1ccc(-c2cccc(C3(c4cccc(-c5ccc(C(C)(C)C)cc5)n4)CCCCC3)n2)cc1. The average Bonchev–Trinajstić information content (AvgIpc) is 2.93. The Balaban J connectivity index is 1.53. The molecule has 1 aliphatic carbocycles. The molecule has 4 aromatic rings. The summed E-state index contributed by atoms with van der Waals surface area (Å²) >= 11 is 0. The molecule has 0 atom stereocenters. The second kappa shape index (κ2) is 10.1. The van der Waals surface area contributed by atoms with Crippen molar-refractivity contribution in [3.8, 4) is 22.5 Å². The molecule has 2 nitrogen and oxygen atoms in total. The highest BCUT2D eigenvalue weighted by Gasteiger charge is 2.38. The Morgan fingerprint density at radius 1 is 0.500 bits per heavy atom. The Hall–Kier alpha value is -3.26. The summed E-state index contributed by atoms with van der Waals surface area (Å²) in [6, 6.07) is 31.0. The van der Waals surface area contributed by atoms with Gasteiger partial charge >= 0.3 is 0 Å². The van der Waals surface area contributed by atoms with Gasteiger partial charge in [0, 0.05) is 11.1 Å². The maximum Gasteiger partial charge on any atom is 0.0705 e. The van der Waals surface area contributed by atoms with Crippen LogP contribution in [0.15, 0.2) is 84.9 Å². The Labute approximate surface area is 229 Å². The fourth-order valence-electron chi connectivity index (χ4n) is 5.80. The molecule has 196 valence electrons. The zero-order chi connectivity index (χ0) is 27.0. The van der Waals surface area contributed by atoms with Gasteiger partial charge < -0.3 is 0 Å². The lowest BCUT2D eigenvalue weighted by Crippen LogP contribution is -2.32.